The van der Waals surface area contributed by atoms with Crippen LogP contribution in [0.5, 0.6) is 6.01 Å². The fraction of sp³-hybridized carbons (Fsp3) is 0.486. The first-order valence-electron chi connectivity index (χ1n) is 16.1. The van der Waals surface area contributed by atoms with E-state index in [9.17, 15) is 10.1 Å². The molecule has 4 heterocycles. The molecule has 2 atom stereocenters. The summed E-state index contributed by atoms with van der Waals surface area (Å²) < 4.78 is 6.33. The van der Waals surface area contributed by atoms with Crippen LogP contribution in [-0.2, 0) is 17.8 Å². The molecule has 6 rings (SSSR count). The highest BCUT2D eigenvalue weighted by Crippen LogP contribution is 2.35. The molecule has 0 unspecified atom stereocenters. The van der Waals surface area contributed by atoms with E-state index < -0.39 is 0 Å². The maximum atomic E-state index is 13.1. The molecule has 2 aromatic carbocycles. The number of aromatic nitrogens is 2. The molecule has 0 radical (unpaired) electrons. The Morgan fingerprint density at radius 2 is 1.91 bits per heavy atom. The second-order valence-corrected chi connectivity index (χ2v) is 12.7. The number of rotatable bonds is 9. The number of hydrogen-bond acceptors (Lipinski definition) is 9. The summed E-state index contributed by atoms with van der Waals surface area (Å²) in [6.45, 7) is 5.55. The van der Waals surface area contributed by atoms with Gasteiger partial charge in [-0.05, 0) is 58.4 Å². The van der Waals surface area contributed by atoms with Crippen molar-refractivity contribution in [2.45, 2.75) is 44.3 Å². The van der Waals surface area contributed by atoms with E-state index in [0.717, 1.165) is 43.0 Å². The van der Waals surface area contributed by atoms with E-state index in [1.807, 2.05) is 30.0 Å². The van der Waals surface area contributed by atoms with Crippen LogP contribution in [0.25, 0.3) is 10.8 Å². The van der Waals surface area contributed by atoms with Crippen LogP contribution in [0.4, 0.5) is 11.5 Å². The molecular weight excluding hydrogens is 564 g/mol. The Hall–Kier alpha value is -4.20. The monoisotopic (exact) mass is 608 g/mol. The lowest BCUT2D eigenvalue weighted by atomic mass is 10.0. The van der Waals surface area contributed by atoms with E-state index in [0.29, 0.717) is 51.4 Å². The Balaban J connectivity index is 1.29. The zero-order chi connectivity index (χ0) is 31.3. The Labute approximate surface area is 266 Å². The summed E-state index contributed by atoms with van der Waals surface area (Å²) in [6, 6.07) is 17.8. The van der Waals surface area contributed by atoms with Gasteiger partial charge in [0.1, 0.15) is 12.4 Å². The lowest BCUT2D eigenvalue weighted by Crippen LogP contribution is -2.55. The summed E-state index contributed by atoms with van der Waals surface area (Å²) in [5.41, 5.74) is 3.33. The first kappa shape index (κ1) is 30.8. The van der Waals surface area contributed by atoms with Crippen molar-refractivity contribution < 1.29 is 9.53 Å². The first-order chi connectivity index (χ1) is 21.9. The number of fused-ring (bicyclic) bond motifs is 2. The van der Waals surface area contributed by atoms with Crippen molar-refractivity contribution in [2.75, 3.05) is 76.8 Å². The van der Waals surface area contributed by atoms with Crippen molar-refractivity contribution in [3.63, 3.8) is 0 Å². The molecule has 0 spiro atoms. The summed E-state index contributed by atoms with van der Waals surface area (Å²) in [7, 11) is 6.09. The molecule has 0 bridgehead atoms. The van der Waals surface area contributed by atoms with Crippen molar-refractivity contribution in [3.05, 3.63) is 65.9 Å². The van der Waals surface area contributed by atoms with Crippen molar-refractivity contribution in [2.24, 2.45) is 0 Å². The molecule has 3 aliphatic rings. The predicted octanol–water partition coefficient (Wildman–Crippen LogP) is 3.71. The summed E-state index contributed by atoms with van der Waals surface area (Å²) in [4.78, 5) is 34.0. The van der Waals surface area contributed by atoms with Gasteiger partial charge >= 0.3 is 6.01 Å². The molecule has 10 heteroatoms. The highest BCUT2D eigenvalue weighted by atomic mass is 16.5. The summed E-state index contributed by atoms with van der Waals surface area (Å²) in [6.07, 6.45) is 6.87. The lowest BCUT2D eigenvalue weighted by Gasteiger charge is -2.42. The number of likely N-dealkylation sites (tertiary alicyclic amines) is 1. The van der Waals surface area contributed by atoms with E-state index in [-0.39, 0.29) is 18.4 Å². The van der Waals surface area contributed by atoms with Crippen LogP contribution in [0.3, 0.4) is 0 Å². The zero-order valence-corrected chi connectivity index (χ0v) is 26.7. The van der Waals surface area contributed by atoms with Gasteiger partial charge in [0.2, 0.25) is 5.91 Å². The van der Waals surface area contributed by atoms with Crippen molar-refractivity contribution in [1.29, 1.82) is 5.26 Å². The molecular formula is C35H44N8O2. The number of nitriles is 1. The largest absolute Gasteiger partial charge is 0.462 e. The fourth-order valence-corrected chi connectivity index (χ4v) is 6.84. The Bertz CT molecular complexity index is 1580. The number of piperazine rings is 1. The summed E-state index contributed by atoms with van der Waals surface area (Å²) in [5, 5.41) is 12.1. The number of ether oxygens (including phenoxy) is 1. The molecule has 236 valence electrons. The fourth-order valence-electron chi connectivity index (χ4n) is 6.84. The van der Waals surface area contributed by atoms with Gasteiger partial charge in [0, 0.05) is 61.5 Å². The summed E-state index contributed by atoms with van der Waals surface area (Å²) >= 11 is 0. The number of hydrogen-bond donors (Lipinski definition) is 0. The maximum absolute atomic E-state index is 13.1. The molecule has 45 heavy (non-hydrogen) atoms. The number of likely N-dealkylation sites (N-methyl/N-ethyl adjacent to an activating group) is 2. The molecule has 0 aliphatic carbocycles. The van der Waals surface area contributed by atoms with Crippen LogP contribution in [0.15, 0.2) is 54.6 Å². The number of amides is 1. The van der Waals surface area contributed by atoms with Gasteiger partial charge in [0.15, 0.2) is 0 Å². The third kappa shape index (κ3) is 6.90. The molecule has 3 aliphatic heterocycles. The Morgan fingerprint density at radius 1 is 1.07 bits per heavy atom. The lowest BCUT2D eigenvalue weighted by molar-refractivity contribution is -0.128. The van der Waals surface area contributed by atoms with E-state index in [1.165, 1.54) is 22.9 Å². The van der Waals surface area contributed by atoms with Crippen molar-refractivity contribution in [3.8, 4) is 12.1 Å². The molecule has 3 aromatic rings. The average Bonchev–Trinajstić information content (AvgIpc) is 3.47. The first-order valence-corrected chi connectivity index (χ1v) is 16.1. The number of carbonyl (C=O) groups excluding carboxylic acids is 1. The van der Waals surface area contributed by atoms with Gasteiger partial charge in [-0.1, -0.05) is 42.5 Å². The average molecular weight is 609 g/mol. The van der Waals surface area contributed by atoms with Crippen molar-refractivity contribution in [1.82, 2.24) is 24.7 Å². The van der Waals surface area contributed by atoms with Crippen LogP contribution < -0.4 is 14.5 Å². The van der Waals surface area contributed by atoms with Gasteiger partial charge in [0.25, 0.3) is 0 Å². The second-order valence-electron chi connectivity index (χ2n) is 12.7. The maximum Gasteiger partial charge on any atom is 0.318 e. The van der Waals surface area contributed by atoms with Crippen LogP contribution in [-0.4, -0.2) is 110 Å². The highest BCUT2D eigenvalue weighted by Gasteiger charge is 2.34. The standard InChI is InChI=1S/C35H44N8O2/c1-39(2)18-8-14-33(44)43-22-21-42(23-27(43)15-17-36)34-30-16-20-41(32-13-6-10-26-9-4-5-12-29(26)32)24-31(30)37-35(38-34)45-25-28-11-7-19-40(28)3/h4-6,8-10,12-14,27-28H,7,11,15-16,18-25H2,1-3H3/b14-8+/t27-,28-/m0/s1. The molecule has 2 saturated heterocycles. The van der Waals surface area contributed by atoms with Gasteiger partial charge in [-0.2, -0.15) is 15.2 Å². The van der Waals surface area contributed by atoms with Gasteiger partial charge in [-0.25, -0.2) is 0 Å². The molecule has 10 nitrogen and oxygen atoms in total. The number of carbonyl (C=O) groups is 1. The quantitative estimate of drug-likeness (QED) is 0.337. The topological polar surface area (TPSA) is 92.1 Å². The van der Waals surface area contributed by atoms with E-state index in [1.54, 1.807) is 6.08 Å². The van der Waals surface area contributed by atoms with Gasteiger partial charge in [-0.3, -0.25) is 4.79 Å². The third-order valence-electron chi connectivity index (χ3n) is 9.33. The second kappa shape index (κ2) is 13.8. The summed E-state index contributed by atoms with van der Waals surface area (Å²) in [5.74, 6) is 0.836. The number of anilines is 2. The minimum Gasteiger partial charge on any atom is -0.462 e. The Kier molecular flexibility index (Phi) is 9.47. The van der Waals surface area contributed by atoms with Crippen LogP contribution in [0.2, 0.25) is 0 Å². The molecule has 0 N–H and O–H groups in total. The third-order valence-corrected chi connectivity index (χ3v) is 9.33. The molecule has 1 aromatic heterocycles. The normalized spacial score (nSPS) is 20.6. The minimum atomic E-state index is -0.224. The number of benzene rings is 2. The van der Waals surface area contributed by atoms with E-state index >= 15 is 0 Å². The zero-order valence-electron chi connectivity index (χ0n) is 26.7. The molecule has 0 saturated carbocycles. The smallest absolute Gasteiger partial charge is 0.318 e. The van der Waals surface area contributed by atoms with Gasteiger partial charge in [-0.15, -0.1) is 0 Å². The molecule has 1 amide bonds. The number of nitrogens with zero attached hydrogens (tertiary/aromatic N) is 8. The van der Waals surface area contributed by atoms with E-state index in [4.69, 9.17) is 14.7 Å². The van der Waals surface area contributed by atoms with E-state index in [2.05, 4.69) is 70.3 Å². The Morgan fingerprint density at radius 3 is 2.71 bits per heavy atom. The minimum absolute atomic E-state index is 0.0445. The predicted molar refractivity (Wildman–Crippen MR) is 178 cm³/mol. The SMILES string of the molecule is CN(C)C/C=C/C(=O)N1CCN(c2nc(OC[C@@H]3CCCN3C)nc3c2CCN(c2cccc4ccccc24)C3)C[C@@H]1CC#N. The highest BCUT2D eigenvalue weighted by molar-refractivity contribution is 5.94. The van der Waals surface area contributed by atoms with Gasteiger partial charge in [0.05, 0.1) is 30.8 Å². The van der Waals surface area contributed by atoms with Gasteiger partial charge < -0.3 is 29.2 Å². The molecule has 2 fully saturated rings. The van der Waals surface area contributed by atoms with Crippen molar-refractivity contribution >= 4 is 28.2 Å². The van der Waals surface area contributed by atoms with Crippen LogP contribution in [0.1, 0.15) is 30.5 Å². The van der Waals surface area contributed by atoms with Crippen LogP contribution >= 0.6 is 0 Å². The van der Waals surface area contributed by atoms with Crippen LogP contribution in [0, 0.1) is 11.3 Å².